The molecular weight excluding hydrogens is 206 g/mol. The van der Waals surface area contributed by atoms with Gasteiger partial charge < -0.3 is 10.3 Å². The van der Waals surface area contributed by atoms with Gasteiger partial charge in [0.15, 0.2) is 0 Å². The van der Waals surface area contributed by atoms with Gasteiger partial charge in [0.05, 0.1) is 11.6 Å². The van der Waals surface area contributed by atoms with Crippen LogP contribution in [0, 0.1) is 18.8 Å². The number of anilines is 1. The van der Waals surface area contributed by atoms with Crippen molar-refractivity contribution in [1.82, 2.24) is 5.16 Å². The van der Waals surface area contributed by atoms with Gasteiger partial charge in [0, 0.05) is 12.6 Å². The topological polar surface area (TPSA) is 81.2 Å². The molecule has 1 rings (SSSR count). The summed E-state index contributed by atoms with van der Waals surface area (Å²) in [5.41, 5.74) is 6.31. The standard InChI is InChI=1S/C11H19N3O2/c1-7(2)4-9(6-12)11(15)13-10-5-8(3)14-16-10/h5,7,9H,4,6,12H2,1-3H3,(H,13,15). The average Bonchev–Trinajstić information content (AvgIpc) is 2.60. The van der Waals surface area contributed by atoms with E-state index in [0.29, 0.717) is 18.3 Å². The van der Waals surface area contributed by atoms with Crippen molar-refractivity contribution >= 4 is 11.8 Å². The molecule has 1 aromatic heterocycles. The smallest absolute Gasteiger partial charge is 0.231 e. The van der Waals surface area contributed by atoms with E-state index in [4.69, 9.17) is 10.3 Å². The number of carbonyl (C=O) groups excluding carboxylic acids is 1. The minimum Gasteiger partial charge on any atom is -0.338 e. The van der Waals surface area contributed by atoms with Gasteiger partial charge in [0.2, 0.25) is 11.8 Å². The largest absolute Gasteiger partial charge is 0.338 e. The first-order valence-corrected chi connectivity index (χ1v) is 5.47. The van der Waals surface area contributed by atoms with E-state index in [9.17, 15) is 4.79 Å². The number of amides is 1. The zero-order valence-electron chi connectivity index (χ0n) is 9.99. The van der Waals surface area contributed by atoms with Gasteiger partial charge in [-0.05, 0) is 19.3 Å². The SMILES string of the molecule is Cc1cc(NC(=O)C(CN)CC(C)C)on1. The van der Waals surface area contributed by atoms with Crippen LogP contribution in [0.4, 0.5) is 5.88 Å². The second-order valence-electron chi connectivity index (χ2n) is 4.38. The van der Waals surface area contributed by atoms with Gasteiger partial charge in [-0.2, -0.15) is 0 Å². The molecule has 0 radical (unpaired) electrons. The molecule has 0 bridgehead atoms. The molecule has 5 nitrogen and oxygen atoms in total. The van der Waals surface area contributed by atoms with Crippen LogP contribution in [0.25, 0.3) is 0 Å². The molecule has 16 heavy (non-hydrogen) atoms. The molecule has 1 unspecified atom stereocenters. The highest BCUT2D eigenvalue weighted by molar-refractivity contribution is 5.91. The van der Waals surface area contributed by atoms with Gasteiger partial charge in [-0.1, -0.05) is 19.0 Å². The van der Waals surface area contributed by atoms with Gasteiger partial charge in [-0.25, -0.2) is 0 Å². The zero-order chi connectivity index (χ0) is 12.1. The Labute approximate surface area is 95.4 Å². The maximum absolute atomic E-state index is 11.8. The van der Waals surface area contributed by atoms with E-state index in [1.807, 2.05) is 0 Å². The van der Waals surface area contributed by atoms with E-state index in [0.717, 1.165) is 12.1 Å². The van der Waals surface area contributed by atoms with Crippen LogP contribution in [-0.2, 0) is 4.79 Å². The number of rotatable bonds is 5. The van der Waals surface area contributed by atoms with Crippen molar-refractivity contribution in [1.29, 1.82) is 0 Å². The summed E-state index contributed by atoms with van der Waals surface area (Å²) in [6.07, 6.45) is 0.773. The molecule has 0 aliphatic rings. The summed E-state index contributed by atoms with van der Waals surface area (Å²) >= 11 is 0. The van der Waals surface area contributed by atoms with Crippen LogP contribution in [0.1, 0.15) is 26.0 Å². The monoisotopic (exact) mass is 225 g/mol. The normalized spacial score (nSPS) is 12.8. The molecule has 1 atom stereocenters. The number of nitrogens with one attached hydrogen (secondary N) is 1. The highest BCUT2D eigenvalue weighted by Crippen LogP contribution is 2.14. The molecule has 1 heterocycles. The van der Waals surface area contributed by atoms with Gasteiger partial charge in [0.25, 0.3) is 0 Å². The lowest BCUT2D eigenvalue weighted by Crippen LogP contribution is -2.30. The fourth-order valence-corrected chi connectivity index (χ4v) is 1.53. The molecule has 0 saturated heterocycles. The summed E-state index contributed by atoms with van der Waals surface area (Å²) < 4.78 is 4.91. The predicted octanol–water partition coefficient (Wildman–Crippen LogP) is 1.54. The fourth-order valence-electron chi connectivity index (χ4n) is 1.53. The van der Waals surface area contributed by atoms with Crippen molar-refractivity contribution in [2.75, 3.05) is 11.9 Å². The number of carbonyl (C=O) groups is 1. The lowest BCUT2D eigenvalue weighted by Gasteiger charge is -2.15. The molecule has 3 N–H and O–H groups in total. The summed E-state index contributed by atoms with van der Waals surface area (Å²) in [4.78, 5) is 11.8. The molecule has 5 heteroatoms. The Balaban J connectivity index is 2.55. The number of nitrogens with zero attached hydrogens (tertiary/aromatic N) is 1. The lowest BCUT2D eigenvalue weighted by atomic mass is 9.96. The minimum absolute atomic E-state index is 0.104. The van der Waals surface area contributed by atoms with Gasteiger partial charge >= 0.3 is 0 Å². The van der Waals surface area contributed by atoms with Crippen molar-refractivity contribution < 1.29 is 9.32 Å². The molecule has 0 fully saturated rings. The van der Waals surface area contributed by atoms with E-state index in [1.165, 1.54) is 0 Å². The predicted molar refractivity (Wildman–Crippen MR) is 61.9 cm³/mol. The third kappa shape index (κ3) is 3.66. The van der Waals surface area contributed by atoms with Crippen LogP contribution >= 0.6 is 0 Å². The Bertz CT molecular complexity index is 347. The van der Waals surface area contributed by atoms with E-state index in [2.05, 4.69) is 24.3 Å². The molecule has 1 aromatic rings. The van der Waals surface area contributed by atoms with Gasteiger partial charge in [0.1, 0.15) is 0 Å². The first kappa shape index (κ1) is 12.7. The Kier molecular flexibility index (Phi) is 4.49. The van der Waals surface area contributed by atoms with E-state index in [-0.39, 0.29) is 11.8 Å². The number of nitrogens with two attached hydrogens (primary N) is 1. The second-order valence-corrected chi connectivity index (χ2v) is 4.38. The number of aromatic nitrogens is 1. The van der Waals surface area contributed by atoms with Crippen molar-refractivity contribution in [3.05, 3.63) is 11.8 Å². The van der Waals surface area contributed by atoms with Crippen molar-refractivity contribution in [3.8, 4) is 0 Å². The molecule has 0 aliphatic carbocycles. The highest BCUT2D eigenvalue weighted by atomic mass is 16.5. The summed E-state index contributed by atoms with van der Waals surface area (Å²) in [7, 11) is 0. The Morgan fingerprint density at radius 2 is 2.31 bits per heavy atom. The Morgan fingerprint density at radius 1 is 1.62 bits per heavy atom. The molecule has 0 saturated carbocycles. The van der Waals surface area contributed by atoms with E-state index in [1.54, 1.807) is 13.0 Å². The van der Waals surface area contributed by atoms with Crippen molar-refractivity contribution in [2.45, 2.75) is 27.2 Å². The quantitative estimate of drug-likeness (QED) is 0.796. The molecular formula is C11H19N3O2. The summed E-state index contributed by atoms with van der Waals surface area (Å²) in [6, 6.07) is 1.68. The summed E-state index contributed by atoms with van der Waals surface area (Å²) in [5, 5.41) is 6.37. The zero-order valence-corrected chi connectivity index (χ0v) is 9.99. The first-order chi connectivity index (χ1) is 7.52. The Hall–Kier alpha value is -1.36. The number of hydrogen-bond donors (Lipinski definition) is 2. The van der Waals surface area contributed by atoms with Gasteiger partial charge in [-0.3, -0.25) is 10.1 Å². The maximum Gasteiger partial charge on any atom is 0.231 e. The molecule has 1 amide bonds. The molecule has 0 spiro atoms. The third-order valence-corrected chi connectivity index (χ3v) is 2.29. The van der Waals surface area contributed by atoms with E-state index < -0.39 is 0 Å². The van der Waals surface area contributed by atoms with Crippen molar-refractivity contribution in [3.63, 3.8) is 0 Å². The van der Waals surface area contributed by atoms with E-state index >= 15 is 0 Å². The molecule has 0 aliphatic heterocycles. The first-order valence-electron chi connectivity index (χ1n) is 5.47. The molecule has 0 aromatic carbocycles. The van der Waals surface area contributed by atoms with Crippen LogP contribution in [-0.4, -0.2) is 17.6 Å². The number of aryl methyl sites for hydroxylation is 1. The van der Waals surface area contributed by atoms with Crippen LogP contribution < -0.4 is 11.1 Å². The van der Waals surface area contributed by atoms with Crippen molar-refractivity contribution in [2.24, 2.45) is 17.6 Å². The van der Waals surface area contributed by atoms with Crippen LogP contribution in [0.5, 0.6) is 0 Å². The van der Waals surface area contributed by atoms with Crippen LogP contribution in [0.15, 0.2) is 10.6 Å². The molecule has 90 valence electrons. The minimum atomic E-state index is -0.176. The van der Waals surface area contributed by atoms with Crippen LogP contribution in [0.3, 0.4) is 0 Å². The fraction of sp³-hybridized carbons (Fsp3) is 0.636. The van der Waals surface area contributed by atoms with Gasteiger partial charge in [-0.15, -0.1) is 0 Å². The van der Waals surface area contributed by atoms with Crippen LogP contribution in [0.2, 0.25) is 0 Å². The highest BCUT2D eigenvalue weighted by Gasteiger charge is 2.19. The summed E-state index contributed by atoms with van der Waals surface area (Å²) in [6.45, 7) is 6.27. The lowest BCUT2D eigenvalue weighted by molar-refractivity contribution is -0.120. The second kappa shape index (κ2) is 5.65. The Morgan fingerprint density at radius 3 is 2.75 bits per heavy atom. The average molecular weight is 225 g/mol. The summed E-state index contributed by atoms with van der Waals surface area (Å²) in [5.74, 6) is 0.540. The third-order valence-electron chi connectivity index (χ3n) is 2.29. The number of hydrogen-bond acceptors (Lipinski definition) is 4. The maximum atomic E-state index is 11.8.